The summed E-state index contributed by atoms with van der Waals surface area (Å²) < 4.78 is 13.1. The number of benzene rings is 8. The molecule has 0 saturated carbocycles. The molecule has 0 aliphatic carbocycles. The highest BCUT2D eigenvalue weighted by Gasteiger charge is 2.21. The number of furan rings is 2. The van der Waals surface area contributed by atoms with E-state index in [4.69, 9.17) is 18.8 Å². The summed E-state index contributed by atoms with van der Waals surface area (Å²) in [7, 11) is 0. The first kappa shape index (κ1) is 27.2. The number of aromatic nitrogens is 2. The summed E-state index contributed by atoms with van der Waals surface area (Å²) in [4.78, 5) is 10.2. The van der Waals surface area contributed by atoms with Crippen molar-refractivity contribution in [2.45, 2.75) is 0 Å². The fourth-order valence-corrected chi connectivity index (χ4v) is 7.79. The third kappa shape index (κ3) is 3.93. The molecule has 0 amide bonds. The molecule has 0 spiro atoms. The molecular weight excluding hydrogens is 613 g/mol. The Kier molecular flexibility index (Phi) is 5.63. The van der Waals surface area contributed by atoms with Crippen LogP contribution in [0.15, 0.2) is 167 Å². The first-order valence-corrected chi connectivity index (χ1v) is 16.8. The lowest BCUT2D eigenvalue weighted by Crippen LogP contribution is -1.92. The van der Waals surface area contributed by atoms with Gasteiger partial charge in [0.05, 0.1) is 22.9 Å². The Morgan fingerprint density at radius 1 is 0.380 bits per heavy atom. The zero-order valence-corrected chi connectivity index (χ0v) is 26.7. The standard InChI is InChI=1S/C46H26N2O2/c1-2-11-27(12-3-1)42-43-35-19-8-9-20-39(35)49-41(43)25-37-36-24-29(21-22-40(36)50-46(37)42)28-13-10-14-30(23-28)38-26-47-44-33-17-6-4-15-31(33)32-16-5-7-18-34(32)45(44)48-38/h1-26H. The van der Waals surface area contributed by atoms with Crippen LogP contribution in [0.4, 0.5) is 0 Å². The summed E-state index contributed by atoms with van der Waals surface area (Å²) in [6.07, 6.45) is 1.90. The lowest BCUT2D eigenvalue weighted by Gasteiger charge is -2.11. The van der Waals surface area contributed by atoms with Crippen LogP contribution in [0.25, 0.3) is 110 Å². The zero-order valence-electron chi connectivity index (χ0n) is 26.7. The average Bonchev–Trinajstić information content (AvgIpc) is 3.75. The maximum absolute atomic E-state index is 6.69. The van der Waals surface area contributed by atoms with E-state index < -0.39 is 0 Å². The van der Waals surface area contributed by atoms with Crippen molar-refractivity contribution in [3.05, 3.63) is 158 Å². The van der Waals surface area contributed by atoms with E-state index in [0.717, 1.165) is 99.2 Å². The Labute approximate surface area is 285 Å². The van der Waals surface area contributed by atoms with Gasteiger partial charge in [0.15, 0.2) is 0 Å². The molecule has 11 rings (SSSR count). The number of nitrogens with zero attached hydrogens (tertiary/aromatic N) is 2. The van der Waals surface area contributed by atoms with Crippen molar-refractivity contribution in [1.29, 1.82) is 0 Å². The predicted molar refractivity (Wildman–Crippen MR) is 205 cm³/mol. The first-order chi connectivity index (χ1) is 24.8. The van der Waals surface area contributed by atoms with E-state index in [2.05, 4.69) is 133 Å². The number of hydrogen-bond acceptors (Lipinski definition) is 4. The molecule has 0 radical (unpaired) electrons. The van der Waals surface area contributed by atoms with Crippen LogP contribution in [0.2, 0.25) is 0 Å². The van der Waals surface area contributed by atoms with E-state index in [9.17, 15) is 0 Å². The van der Waals surface area contributed by atoms with Crippen LogP contribution >= 0.6 is 0 Å². The van der Waals surface area contributed by atoms with Crippen LogP contribution in [-0.4, -0.2) is 9.97 Å². The summed E-state index contributed by atoms with van der Waals surface area (Å²) in [5, 5.41) is 8.84. The minimum atomic E-state index is 0.841. The smallest absolute Gasteiger partial charge is 0.144 e. The number of rotatable bonds is 3. The molecule has 0 saturated heterocycles. The molecule has 0 aliphatic rings. The van der Waals surface area contributed by atoms with Gasteiger partial charge in [0.25, 0.3) is 0 Å². The van der Waals surface area contributed by atoms with Crippen molar-refractivity contribution in [3.8, 4) is 33.5 Å². The molecule has 3 heterocycles. The van der Waals surface area contributed by atoms with Crippen molar-refractivity contribution >= 4 is 76.5 Å². The van der Waals surface area contributed by atoms with E-state index in [1.807, 2.05) is 24.4 Å². The third-order valence-electron chi connectivity index (χ3n) is 10.1. The fourth-order valence-electron chi connectivity index (χ4n) is 7.79. The summed E-state index contributed by atoms with van der Waals surface area (Å²) in [6, 6.07) is 52.8. The second-order valence-electron chi connectivity index (χ2n) is 12.9. The van der Waals surface area contributed by atoms with E-state index in [-0.39, 0.29) is 0 Å². The van der Waals surface area contributed by atoms with Gasteiger partial charge in [-0.3, -0.25) is 4.98 Å². The Morgan fingerprint density at radius 3 is 1.84 bits per heavy atom. The summed E-state index contributed by atoms with van der Waals surface area (Å²) >= 11 is 0. The van der Waals surface area contributed by atoms with Gasteiger partial charge >= 0.3 is 0 Å². The van der Waals surface area contributed by atoms with Crippen LogP contribution in [0.3, 0.4) is 0 Å². The molecule has 0 fully saturated rings. The lowest BCUT2D eigenvalue weighted by molar-refractivity contribution is 0.664. The van der Waals surface area contributed by atoms with Gasteiger partial charge in [0.1, 0.15) is 22.3 Å². The molecule has 8 aromatic carbocycles. The van der Waals surface area contributed by atoms with E-state index in [0.29, 0.717) is 0 Å². The van der Waals surface area contributed by atoms with Crippen molar-refractivity contribution < 1.29 is 8.83 Å². The zero-order chi connectivity index (χ0) is 32.8. The monoisotopic (exact) mass is 638 g/mol. The second kappa shape index (κ2) is 10.4. The topological polar surface area (TPSA) is 52.1 Å². The highest BCUT2D eigenvalue weighted by Crippen LogP contribution is 2.45. The maximum Gasteiger partial charge on any atom is 0.144 e. The van der Waals surface area contributed by atoms with Crippen molar-refractivity contribution in [1.82, 2.24) is 9.97 Å². The van der Waals surface area contributed by atoms with Gasteiger partial charge in [0, 0.05) is 43.4 Å². The Balaban J connectivity index is 1.09. The van der Waals surface area contributed by atoms with Gasteiger partial charge < -0.3 is 8.83 Å². The second-order valence-corrected chi connectivity index (χ2v) is 12.9. The van der Waals surface area contributed by atoms with Crippen LogP contribution < -0.4 is 0 Å². The number of hydrogen-bond donors (Lipinski definition) is 0. The summed E-state index contributed by atoms with van der Waals surface area (Å²) in [6.45, 7) is 0. The van der Waals surface area contributed by atoms with Crippen LogP contribution in [0.5, 0.6) is 0 Å². The molecule has 0 unspecified atom stereocenters. The molecule has 232 valence electrons. The van der Waals surface area contributed by atoms with Gasteiger partial charge in [-0.2, -0.15) is 0 Å². The maximum atomic E-state index is 6.69. The van der Waals surface area contributed by atoms with E-state index in [1.165, 1.54) is 10.8 Å². The summed E-state index contributed by atoms with van der Waals surface area (Å²) in [5.41, 5.74) is 11.5. The van der Waals surface area contributed by atoms with Gasteiger partial charge in [-0.15, -0.1) is 0 Å². The molecule has 4 heteroatoms. The molecular formula is C46H26N2O2. The minimum Gasteiger partial charge on any atom is -0.456 e. The largest absolute Gasteiger partial charge is 0.456 e. The lowest BCUT2D eigenvalue weighted by atomic mass is 9.95. The van der Waals surface area contributed by atoms with E-state index in [1.54, 1.807) is 0 Å². The van der Waals surface area contributed by atoms with E-state index >= 15 is 0 Å². The molecule has 50 heavy (non-hydrogen) atoms. The Hall–Kier alpha value is -6.78. The molecule has 11 aromatic rings. The van der Waals surface area contributed by atoms with Crippen molar-refractivity contribution in [2.75, 3.05) is 0 Å². The quantitative estimate of drug-likeness (QED) is 0.181. The third-order valence-corrected chi connectivity index (χ3v) is 10.1. The first-order valence-electron chi connectivity index (χ1n) is 16.8. The molecule has 3 aromatic heterocycles. The highest BCUT2D eigenvalue weighted by atomic mass is 16.3. The molecule has 0 N–H and O–H groups in total. The highest BCUT2D eigenvalue weighted by molar-refractivity contribution is 6.24. The van der Waals surface area contributed by atoms with Gasteiger partial charge in [-0.05, 0) is 57.8 Å². The molecule has 0 aliphatic heterocycles. The van der Waals surface area contributed by atoms with Gasteiger partial charge in [0.2, 0.25) is 0 Å². The Bertz CT molecular complexity index is 3120. The molecule has 0 atom stereocenters. The normalized spacial score (nSPS) is 12.0. The predicted octanol–water partition coefficient (Wildman–Crippen LogP) is 12.7. The molecule has 0 bridgehead atoms. The number of fused-ring (bicyclic) bond motifs is 12. The summed E-state index contributed by atoms with van der Waals surface area (Å²) in [5.74, 6) is 0. The Morgan fingerprint density at radius 2 is 1.02 bits per heavy atom. The van der Waals surface area contributed by atoms with Crippen LogP contribution in [0, 0.1) is 0 Å². The number of para-hydroxylation sites is 1. The van der Waals surface area contributed by atoms with Crippen molar-refractivity contribution in [3.63, 3.8) is 0 Å². The van der Waals surface area contributed by atoms with Gasteiger partial charge in [-0.25, -0.2) is 4.98 Å². The van der Waals surface area contributed by atoms with Crippen LogP contribution in [0.1, 0.15) is 0 Å². The molecule has 4 nitrogen and oxygen atoms in total. The minimum absolute atomic E-state index is 0.841. The fraction of sp³-hybridized carbons (Fsp3) is 0. The van der Waals surface area contributed by atoms with Crippen LogP contribution in [-0.2, 0) is 0 Å². The SMILES string of the molecule is c1ccc(-c2c3oc4ccc(-c5cccc(-c6cnc7c8ccccc8c8ccccc8c7n6)c5)cc4c3cc3oc4ccccc4c23)cc1. The average molecular weight is 639 g/mol. The van der Waals surface area contributed by atoms with Crippen molar-refractivity contribution in [2.24, 2.45) is 0 Å². The van der Waals surface area contributed by atoms with Gasteiger partial charge in [-0.1, -0.05) is 121 Å².